The van der Waals surface area contributed by atoms with Crippen LogP contribution in [0.1, 0.15) is 11.1 Å². The Kier molecular flexibility index (Phi) is 3.42. The van der Waals surface area contributed by atoms with Gasteiger partial charge in [0.15, 0.2) is 0 Å². The summed E-state index contributed by atoms with van der Waals surface area (Å²) in [7, 11) is 0. The van der Waals surface area contributed by atoms with E-state index in [4.69, 9.17) is 9.40 Å². The number of fused-ring (bicyclic) bond motifs is 7. The van der Waals surface area contributed by atoms with Crippen molar-refractivity contribution in [3.05, 3.63) is 102 Å². The van der Waals surface area contributed by atoms with Gasteiger partial charge in [-0.25, -0.2) is 4.98 Å². The first-order valence-electron chi connectivity index (χ1n) is 10.8. The van der Waals surface area contributed by atoms with Gasteiger partial charge in [-0.2, -0.15) is 0 Å². The Bertz CT molecular complexity index is 1640. The van der Waals surface area contributed by atoms with Crippen LogP contribution in [0.3, 0.4) is 0 Å². The molecule has 0 aliphatic heterocycles. The van der Waals surface area contributed by atoms with Gasteiger partial charge in [-0.05, 0) is 65.4 Å². The fourth-order valence-electron chi connectivity index (χ4n) is 5.03. The lowest BCUT2D eigenvalue weighted by atomic mass is 9.85. The van der Waals surface area contributed by atoms with Gasteiger partial charge in [0.1, 0.15) is 11.2 Å². The number of aromatic nitrogens is 1. The number of pyridine rings is 1. The van der Waals surface area contributed by atoms with E-state index in [1.54, 1.807) is 0 Å². The molecule has 0 saturated carbocycles. The number of hydrogen-bond donors (Lipinski definition) is 0. The quantitative estimate of drug-likeness (QED) is 0.286. The van der Waals surface area contributed by atoms with Crippen LogP contribution >= 0.6 is 0 Å². The maximum Gasteiger partial charge on any atom is 0.144 e. The van der Waals surface area contributed by atoms with Gasteiger partial charge in [0.2, 0.25) is 0 Å². The average molecular weight is 397 g/mol. The van der Waals surface area contributed by atoms with Crippen LogP contribution in [0.4, 0.5) is 0 Å². The van der Waals surface area contributed by atoms with Gasteiger partial charge < -0.3 is 4.42 Å². The second-order valence-corrected chi connectivity index (χ2v) is 8.34. The SMILES string of the molecule is c1ccc2c(c1)CCc1cc3oc4c(-c5ccc6ccccc6n5)cccc4c3cc1-2. The molecule has 31 heavy (non-hydrogen) atoms. The second kappa shape index (κ2) is 6.29. The Morgan fingerprint density at radius 3 is 2.45 bits per heavy atom. The summed E-state index contributed by atoms with van der Waals surface area (Å²) in [5, 5.41) is 3.47. The number of para-hydroxylation sites is 2. The number of hydrogen-bond acceptors (Lipinski definition) is 2. The van der Waals surface area contributed by atoms with E-state index in [2.05, 4.69) is 78.9 Å². The molecule has 0 bridgehead atoms. The molecule has 0 unspecified atom stereocenters. The molecule has 2 aromatic heterocycles. The summed E-state index contributed by atoms with van der Waals surface area (Å²) in [6, 6.07) is 32.2. The Morgan fingerprint density at radius 2 is 1.45 bits per heavy atom. The van der Waals surface area contributed by atoms with E-state index in [9.17, 15) is 0 Å². The zero-order valence-electron chi connectivity index (χ0n) is 16.9. The fourth-order valence-corrected chi connectivity index (χ4v) is 5.03. The van der Waals surface area contributed by atoms with Gasteiger partial charge in [-0.15, -0.1) is 0 Å². The largest absolute Gasteiger partial charge is 0.455 e. The van der Waals surface area contributed by atoms with Crippen molar-refractivity contribution in [2.45, 2.75) is 12.8 Å². The standard InChI is InChI=1S/C29H19NO/c1-3-8-21-18(6-1)12-13-20-16-28-25(17-24(20)21)22-9-5-10-23(29(22)31-28)27-15-14-19-7-2-4-11-26(19)30-27/h1-11,14-17H,12-13H2. The van der Waals surface area contributed by atoms with Crippen LogP contribution in [0.25, 0.3) is 55.2 Å². The maximum atomic E-state index is 6.46. The molecule has 2 nitrogen and oxygen atoms in total. The molecule has 0 radical (unpaired) electrons. The van der Waals surface area contributed by atoms with Crippen molar-refractivity contribution in [3.63, 3.8) is 0 Å². The van der Waals surface area contributed by atoms with E-state index >= 15 is 0 Å². The Balaban J connectivity index is 1.49. The lowest BCUT2D eigenvalue weighted by molar-refractivity contribution is 0.669. The average Bonchev–Trinajstić information content (AvgIpc) is 3.20. The molecule has 0 N–H and O–H groups in total. The summed E-state index contributed by atoms with van der Waals surface area (Å²) in [5.41, 5.74) is 10.4. The van der Waals surface area contributed by atoms with Crippen LogP contribution < -0.4 is 0 Å². The molecular formula is C29H19NO. The summed E-state index contributed by atoms with van der Waals surface area (Å²) in [6.07, 6.45) is 2.14. The van der Waals surface area contributed by atoms with E-state index in [1.165, 1.54) is 27.6 Å². The second-order valence-electron chi connectivity index (χ2n) is 8.34. The summed E-state index contributed by atoms with van der Waals surface area (Å²) >= 11 is 0. The third kappa shape index (κ3) is 2.48. The van der Waals surface area contributed by atoms with Crippen molar-refractivity contribution in [3.8, 4) is 22.4 Å². The molecule has 2 heteroatoms. The first kappa shape index (κ1) is 16.8. The van der Waals surface area contributed by atoms with E-state index in [1.807, 2.05) is 12.1 Å². The number of rotatable bonds is 1. The zero-order valence-corrected chi connectivity index (χ0v) is 16.9. The van der Waals surface area contributed by atoms with Crippen LogP contribution in [0, 0.1) is 0 Å². The fraction of sp³-hybridized carbons (Fsp3) is 0.0690. The molecule has 1 aliphatic carbocycles. The Labute approximate surface area is 179 Å². The molecule has 0 atom stereocenters. The predicted molar refractivity (Wildman–Crippen MR) is 127 cm³/mol. The van der Waals surface area contributed by atoms with Crippen LogP contribution in [-0.4, -0.2) is 4.98 Å². The van der Waals surface area contributed by atoms with Crippen LogP contribution in [0.5, 0.6) is 0 Å². The van der Waals surface area contributed by atoms with Crippen LogP contribution in [0.2, 0.25) is 0 Å². The number of aryl methyl sites for hydroxylation is 2. The third-order valence-electron chi connectivity index (χ3n) is 6.57. The highest BCUT2D eigenvalue weighted by molar-refractivity contribution is 6.11. The number of nitrogens with zero attached hydrogens (tertiary/aromatic N) is 1. The molecule has 4 aromatic carbocycles. The summed E-state index contributed by atoms with van der Waals surface area (Å²) < 4.78 is 6.46. The van der Waals surface area contributed by atoms with Crippen molar-refractivity contribution >= 4 is 32.8 Å². The highest BCUT2D eigenvalue weighted by Gasteiger charge is 2.20. The van der Waals surface area contributed by atoms with Crippen molar-refractivity contribution in [1.82, 2.24) is 4.98 Å². The van der Waals surface area contributed by atoms with Gasteiger partial charge >= 0.3 is 0 Å². The van der Waals surface area contributed by atoms with Crippen LogP contribution in [-0.2, 0) is 12.8 Å². The molecule has 2 heterocycles. The maximum absolute atomic E-state index is 6.46. The smallest absolute Gasteiger partial charge is 0.144 e. The minimum atomic E-state index is 0.913. The van der Waals surface area contributed by atoms with E-state index < -0.39 is 0 Å². The lowest BCUT2D eigenvalue weighted by Gasteiger charge is -2.19. The molecule has 0 saturated heterocycles. The van der Waals surface area contributed by atoms with Gasteiger partial charge in [-0.1, -0.05) is 60.7 Å². The molecule has 0 fully saturated rings. The summed E-state index contributed by atoms with van der Waals surface area (Å²) in [5.74, 6) is 0. The third-order valence-corrected chi connectivity index (χ3v) is 6.57. The molecule has 0 spiro atoms. The Morgan fingerprint density at radius 1 is 0.613 bits per heavy atom. The zero-order chi connectivity index (χ0) is 20.4. The molecular weight excluding hydrogens is 378 g/mol. The van der Waals surface area contributed by atoms with Gasteiger partial charge in [0.25, 0.3) is 0 Å². The topological polar surface area (TPSA) is 26.0 Å². The molecule has 6 aromatic rings. The summed E-state index contributed by atoms with van der Waals surface area (Å²) in [6.45, 7) is 0. The van der Waals surface area contributed by atoms with Crippen molar-refractivity contribution < 1.29 is 4.42 Å². The predicted octanol–water partition coefficient (Wildman–Crippen LogP) is 7.57. The monoisotopic (exact) mass is 397 g/mol. The molecule has 1 aliphatic rings. The van der Waals surface area contributed by atoms with Gasteiger partial charge in [0, 0.05) is 21.7 Å². The normalized spacial score (nSPS) is 12.9. The Hall–Kier alpha value is -3.91. The van der Waals surface area contributed by atoms with Crippen molar-refractivity contribution in [2.75, 3.05) is 0 Å². The molecule has 7 rings (SSSR count). The van der Waals surface area contributed by atoms with Gasteiger partial charge in [-0.3, -0.25) is 0 Å². The minimum Gasteiger partial charge on any atom is -0.455 e. The van der Waals surface area contributed by atoms with Gasteiger partial charge in [0.05, 0.1) is 11.2 Å². The minimum absolute atomic E-state index is 0.913. The number of benzene rings is 4. The highest BCUT2D eigenvalue weighted by atomic mass is 16.3. The lowest BCUT2D eigenvalue weighted by Crippen LogP contribution is -2.03. The van der Waals surface area contributed by atoms with Crippen molar-refractivity contribution in [1.29, 1.82) is 0 Å². The van der Waals surface area contributed by atoms with Crippen LogP contribution in [0.15, 0.2) is 95.4 Å². The first-order valence-corrected chi connectivity index (χ1v) is 10.8. The van der Waals surface area contributed by atoms with E-state index in [-0.39, 0.29) is 0 Å². The summed E-state index contributed by atoms with van der Waals surface area (Å²) in [4.78, 5) is 4.91. The first-order chi connectivity index (χ1) is 15.3. The van der Waals surface area contributed by atoms with Crippen molar-refractivity contribution in [2.24, 2.45) is 0 Å². The van der Waals surface area contributed by atoms with E-state index in [0.717, 1.165) is 51.6 Å². The van der Waals surface area contributed by atoms with E-state index in [0.29, 0.717) is 0 Å². The molecule has 146 valence electrons. The molecule has 0 amide bonds. The highest BCUT2D eigenvalue weighted by Crippen LogP contribution is 2.41. The number of furan rings is 1.